The molecule has 1 aliphatic rings. The number of hydrogen-bond donors (Lipinski definition) is 2. The molecule has 0 spiro atoms. The summed E-state index contributed by atoms with van der Waals surface area (Å²) >= 11 is 0. The molecule has 6 nitrogen and oxygen atoms in total. The molecule has 2 aromatic rings. The van der Waals surface area contributed by atoms with E-state index in [1.807, 2.05) is 6.07 Å². The SMILES string of the molecule is Oc1nc(O)n2nc(C3CCCCC3)cc2n1. The molecule has 1 fully saturated rings. The number of fused-ring (bicyclic) bond motifs is 1. The Hall–Kier alpha value is -1.85. The Bertz CT molecular complexity index is 546. The van der Waals surface area contributed by atoms with Gasteiger partial charge in [0.25, 0.3) is 0 Å². The minimum atomic E-state index is -0.426. The van der Waals surface area contributed by atoms with E-state index < -0.39 is 6.01 Å². The fourth-order valence-electron chi connectivity index (χ4n) is 2.48. The molecule has 2 aromatic heterocycles. The Morgan fingerprint density at radius 1 is 1.12 bits per heavy atom. The van der Waals surface area contributed by atoms with Crippen molar-refractivity contribution >= 4 is 5.65 Å². The van der Waals surface area contributed by atoms with Crippen molar-refractivity contribution in [3.05, 3.63) is 11.8 Å². The number of rotatable bonds is 1. The second-order valence-corrected chi connectivity index (χ2v) is 4.50. The smallest absolute Gasteiger partial charge is 0.321 e. The van der Waals surface area contributed by atoms with E-state index in [9.17, 15) is 10.2 Å². The van der Waals surface area contributed by atoms with Gasteiger partial charge in [-0.15, -0.1) is 4.98 Å². The summed E-state index contributed by atoms with van der Waals surface area (Å²) in [5.41, 5.74) is 1.37. The van der Waals surface area contributed by atoms with Crippen molar-refractivity contribution in [2.24, 2.45) is 0 Å². The van der Waals surface area contributed by atoms with Crippen LogP contribution in [0, 0.1) is 0 Å². The van der Waals surface area contributed by atoms with E-state index in [4.69, 9.17) is 0 Å². The van der Waals surface area contributed by atoms with Gasteiger partial charge < -0.3 is 10.2 Å². The summed E-state index contributed by atoms with van der Waals surface area (Å²) < 4.78 is 1.27. The summed E-state index contributed by atoms with van der Waals surface area (Å²) in [5.74, 6) is 0.437. The molecule has 6 heteroatoms. The van der Waals surface area contributed by atoms with Crippen LogP contribution in [0.4, 0.5) is 0 Å². The van der Waals surface area contributed by atoms with Gasteiger partial charge in [0.05, 0.1) is 5.69 Å². The molecule has 1 saturated carbocycles. The lowest BCUT2D eigenvalue weighted by molar-refractivity contribution is 0.372. The summed E-state index contributed by atoms with van der Waals surface area (Å²) in [4.78, 5) is 7.30. The maximum absolute atomic E-state index is 9.55. The third-order valence-corrected chi connectivity index (χ3v) is 3.34. The van der Waals surface area contributed by atoms with Crippen LogP contribution in [0.5, 0.6) is 12.0 Å². The van der Waals surface area contributed by atoms with Crippen molar-refractivity contribution in [3.63, 3.8) is 0 Å². The molecular weight excluding hydrogens is 220 g/mol. The molecule has 0 bridgehead atoms. The van der Waals surface area contributed by atoms with Crippen molar-refractivity contribution in [1.29, 1.82) is 0 Å². The van der Waals surface area contributed by atoms with Crippen molar-refractivity contribution in [2.75, 3.05) is 0 Å². The Labute approximate surface area is 97.9 Å². The van der Waals surface area contributed by atoms with Crippen LogP contribution in [-0.2, 0) is 0 Å². The van der Waals surface area contributed by atoms with E-state index in [1.54, 1.807) is 0 Å². The Balaban J connectivity index is 2.03. The average molecular weight is 234 g/mol. The van der Waals surface area contributed by atoms with Crippen molar-refractivity contribution in [1.82, 2.24) is 19.6 Å². The van der Waals surface area contributed by atoms with Crippen LogP contribution in [0.3, 0.4) is 0 Å². The number of hydrogen-bond acceptors (Lipinski definition) is 5. The van der Waals surface area contributed by atoms with Gasteiger partial charge >= 0.3 is 12.0 Å². The normalized spacial score (nSPS) is 17.6. The first-order valence-electron chi connectivity index (χ1n) is 5.89. The zero-order valence-electron chi connectivity index (χ0n) is 9.37. The first-order chi connectivity index (χ1) is 8.24. The lowest BCUT2D eigenvalue weighted by Gasteiger charge is -2.18. The lowest BCUT2D eigenvalue weighted by atomic mass is 9.87. The number of aromatic hydroxyl groups is 2. The van der Waals surface area contributed by atoms with Crippen LogP contribution in [0.25, 0.3) is 5.65 Å². The summed E-state index contributed by atoms with van der Waals surface area (Å²) in [6, 6.07) is 1.07. The fraction of sp³-hybridized carbons (Fsp3) is 0.545. The highest BCUT2D eigenvalue weighted by atomic mass is 16.3. The second kappa shape index (κ2) is 3.87. The molecule has 2 heterocycles. The van der Waals surface area contributed by atoms with Gasteiger partial charge in [-0.05, 0) is 12.8 Å². The van der Waals surface area contributed by atoms with Gasteiger partial charge in [-0.1, -0.05) is 19.3 Å². The highest BCUT2D eigenvalue weighted by Gasteiger charge is 2.20. The van der Waals surface area contributed by atoms with Crippen LogP contribution in [0.1, 0.15) is 43.7 Å². The summed E-state index contributed by atoms with van der Waals surface area (Å²) in [6.07, 6.45) is 5.99. The van der Waals surface area contributed by atoms with Gasteiger partial charge in [0, 0.05) is 12.0 Å². The lowest BCUT2D eigenvalue weighted by Crippen LogP contribution is -2.05. The van der Waals surface area contributed by atoms with Crippen molar-refractivity contribution in [3.8, 4) is 12.0 Å². The molecule has 0 saturated heterocycles. The van der Waals surface area contributed by atoms with E-state index in [2.05, 4.69) is 15.1 Å². The van der Waals surface area contributed by atoms with Crippen molar-refractivity contribution in [2.45, 2.75) is 38.0 Å². The van der Waals surface area contributed by atoms with E-state index in [1.165, 1.54) is 23.8 Å². The Morgan fingerprint density at radius 2 is 1.88 bits per heavy atom. The van der Waals surface area contributed by atoms with Crippen LogP contribution in [0.15, 0.2) is 6.07 Å². The standard InChI is InChI=1S/C11H14N4O2/c16-10-12-9-6-8(7-4-2-1-3-5-7)14-15(9)11(17)13-10/h6-7H,1-5H2,(H2,12,13,16,17). The number of nitrogens with zero attached hydrogens (tertiary/aromatic N) is 4. The van der Waals surface area contributed by atoms with Gasteiger partial charge in [0.1, 0.15) is 0 Å². The quantitative estimate of drug-likeness (QED) is 0.782. The van der Waals surface area contributed by atoms with Gasteiger partial charge in [-0.2, -0.15) is 14.6 Å². The Morgan fingerprint density at radius 3 is 2.65 bits per heavy atom. The van der Waals surface area contributed by atoms with E-state index >= 15 is 0 Å². The molecule has 2 N–H and O–H groups in total. The first-order valence-corrected chi connectivity index (χ1v) is 5.89. The van der Waals surface area contributed by atoms with Gasteiger partial charge in [-0.25, -0.2) is 0 Å². The molecule has 17 heavy (non-hydrogen) atoms. The van der Waals surface area contributed by atoms with Crippen LogP contribution in [0.2, 0.25) is 0 Å². The van der Waals surface area contributed by atoms with E-state index in [-0.39, 0.29) is 6.01 Å². The molecule has 0 aromatic carbocycles. The van der Waals surface area contributed by atoms with Crippen LogP contribution < -0.4 is 0 Å². The highest BCUT2D eigenvalue weighted by Crippen LogP contribution is 2.32. The highest BCUT2D eigenvalue weighted by molar-refractivity contribution is 5.42. The predicted octanol–water partition coefficient (Wildman–Crippen LogP) is 1.58. The van der Waals surface area contributed by atoms with Crippen LogP contribution >= 0.6 is 0 Å². The molecule has 0 unspecified atom stereocenters. The fourth-order valence-corrected chi connectivity index (χ4v) is 2.48. The number of aromatic nitrogens is 4. The monoisotopic (exact) mass is 234 g/mol. The molecular formula is C11H14N4O2. The minimum absolute atomic E-state index is 0.324. The molecule has 1 aliphatic carbocycles. The van der Waals surface area contributed by atoms with Gasteiger partial charge in [0.2, 0.25) is 0 Å². The van der Waals surface area contributed by atoms with E-state index in [0.29, 0.717) is 11.6 Å². The van der Waals surface area contributed by atoms with Crippen molar-refractivity contribution < 1.29 is 10.2 Å². The minimum Gasteiger partial charge on any atom is -0.479 e. The molecule has 0 radical (unpaired) electrons. The summed E-state index contributed by atoms with van der Waals surface area (Å²) in [7, 11) is 0. The molecule has 0 amide bonds. The zero-order chi connectivity index (χ0) is 11.8. The Kier molecular flexibility index (Phi) is 2.35. The van der Waals surface area contributed by atoms with Gasteiger partial charge in [0.15, 0.2) is 5.65 Å². The third-order valence-electron chi connectivity index (χ3n) is 3.34. The molecule has 3 rings (SSSR count). The average Bonchev–Trinajstić information content (AvgIpc) is 2.74. The summed E-state index contributed by atoms with van der Waals surface area (Å²) in [5, 5.41) is 23.1. The zero-order valence-corrected chi connectivity index (χ0v) is 9.37. The molecule has 0 aliphatic heterocycles. The molecule has 90 valence electrons. The maximum atomic E-state index is 9.55. The largest absolute Gasteiger partial charge is 0.479 e. The van der Waals surface area contributed by atoms with Gasteiger partial charge in [-0.3, -0.25) is 0 Å². The summed E-state index contributed by atoms with van der Waals surface area (Å²) in [6.45, 7) is 0. The topological polar surface area (TPSA) is 83.5 Å². The third kappa shape index (κ3) is 1.79. The maximum Gasteiger partial charge on any atom is 0.321 e. The molecule has 0 atom stereocenters. The second-order valence-electron chi connectivity index (χ2n) is 4.50. The van der Waals surface area contributed by atoms with Crippen LogP contribution in [-0.4, -0.2) is 29.8 Å². The predicted molar refractivity (Wildman–Crippen MR) is 59.9 cm³/mol. The van der Waals surface area contributed by atoms with E-state index in [0.717, 1.165) is 18.5 Å². The first kappa shape index (κ1) is 10.3.